The van der Waals surface area contributed by atoms with Crippen LogP contribution >= 0.6 is 0 Å². The van der Waals surface area contributed by atoms with Crippen LogP contribution in [0.25, 0.3) is 0 Å². The van der Waals surface area contributed by atoms with E-state index in [9.17, 15) is 14.7 Å². The van der Waals surface area contributed by atoms with Crippen LogP contribution in [0.3, 0.4) is 0 Å². The first-order valence-corrected chi connectivity index (χ1v) is 9.11. The number of hydrogen-bond donors (Lipinski definition) is 1. The van der Waals surface area contributed by atoms with Crippen molar-refractivity contribution in [2.45, 2.75) is 25.4 Å². The Hall–Kier alpha value is -3.02. The molecule has 2 aromatic carbocycles. The lowest BCUT2D eigenvalue weighted by Crippen LogP contribution is -2.45. The molecule has 0 saturated heterocycles. The number of ether oxygens (including phenoxy) is 1. The zero-order chi connectivity index (χ0) is 19.0. The van der Waals surface area contributed by atoms with E-state index in [1.807, 2.05) is 43.4 Å². The van der Waals surface area contributed by atoms with Crippen LogP contribution in [-0.4, -0.2) is 48.1 Å². The van der Waals surface area contributed by atoms with Gasteiger partial charge in [0.2, 0.25) is 0 Å². The number of hydrogen-bond acceptors (Lipinski definition) is 4. The molecule has 6 nitrogen and oxygen atoms in total. The number of amides is 1. The summed E-state index contributed by atoms with van der Waals surface area (Å²) in [6.07, 6.45) is 0.472. The predicted octanol–water partition coefficient (Wildman–Crippen LogP) is 2.56. The number of aliphatic carboxylic acids is 1. The fourth-order valence-corrected chi connectivity index (χ4v) is 3.91. The smallest absolute Gasteiger partial charge is 0.305 e. The summed E-state index contributed by atoms with van der Waals surface area (Å²) in [4.78, 5) is 28.6. The topological polar surface area (TPSA) is 70.1 Å². The summed E-state index contributed by atoms with van der Waals surface area (Å²) in [5.74, 6) is -0.490. The molecule has 1 atom stereocenters. The molecule has 2 aliphatic heterocycles. The van der Waals surface area contributed by atoms with Crippen LogP contribution in [0.2, 0.25) is 0 Å². The SMILES string of the molecule is CN1CCOc2c(C(=O)N3Cc4ccccc4C[C@H]3CC(=O)O)cccc21. The first kappa shape index (κ1) is 17.4. The van der Waals surface area contributed by atoms with Crippen LogP contribution in [0.5, 0.6) is 5.75 Å². The van der Waals surface area contributed by atoms with Crippen molar-refractivity contribution in [3.63, 3.8) is 0 Å². The van der Waals surface area contributed by atoms with E-state index in [2.05, 4.69) is 4.90 Å². The first-order valence-electron chi connectivity index (χ1n) is 9.11. The van der Waals surface area contributed by atoms with Gasteiger partial charge < -0.3 is 19.6 Å². The molecule has 0 saturated carbocycles. The zero-order valence-electron chi connectivity index (χ0n) is 15.2. The number of carbonyl (C=O) groups excluding carboxylic acids is 1. The quantitative estimate of drug-likeness (QED) is 0.904. The van der Waals surface area contributed by atoms with Crippen LogP contribution in [-0.2, 0) is 17.8 Å². The van der Waals surface area contributed by atoms with Gasteiger partial charge in [0.05, 0.1) is 24.2 Å². The highest BCUT2D eigenvalue weighted by atomic mass is 16.5. The minimum atomic E-state index is -0.900. The van der Waals surface area contributed by atoms with Crippen LogP contribution in [0, 0.1) is 0 Å². The maximum Gasteiger partial charge on any atom is 0.305 e. The standard InChI is InChI=1S/C21H22N2O4/c1-22-9-10-27-20-17(7-4-8-18(20)22)21(26)23-13-15-6-3-2-5-14(15)11-16(23)12-19(24)25/h2-8,16H,9-13H2,1H3,(H,24,25)/t16-/m0/s1. The summed E-state index contributed by atoms with van der Waals surface area (Å²) < 4.78 is 5.82. The van der Waals surface area contributed by atoms with Gasteiger partial charge in [-0.3, -0.25) is 9.59 Å². The summed E-state index contributed by atoms with van der Waals surface area (Å²) in [6.45, 7) is 1.70. The second-order valence-electron chi connectivity index (χ2n) is 7.08. The molecular weight excluding hydrogens is 344 g/mol. The number of carbonyl (C=O) groups is 2. The van der Waals surface area contributed by atoms with Gasteiger partial charge >= 0.3 is 5.97 Å². The average molecular weight is 366 g/mol. The van der Waals surface area contributed by atoms with Crippen molar-refractivity contribution < 1.29 is 19.4 Å². The minimum Gasteiger partial charge on any atom is -0.489 e. The Morgan fingerprint density at radius 3 is 2.70 bits per heavy atom. The van der Waals surface area contributed by atoms with Gasteiger partial charge in [-0.15, -0.1) is 0 Å². The highest BCUT2D eigenvalue weighted by Crippen LogP contribution is 2.36. The molecule has 2 aliphatic rings. The number of likely N-dealkylation sites (N-methyl/N-ethyl adjacent to an activating group) is 1. The van der Waals surface area contributed by atoms with Crippen molar-refractivity contribution in [3.05, 3.63) is 59.2 Å². The molecule has 1 N–H and O–H groups in total. The molecule has 140 valence electrons. The highest BCUT2D eigenvalue weighted by molar-refractivity contribution is 5.99. The number of rotatable bonds is 3. The van der Waals surface area contributed by atoms with E-state index in [1.54, 1.807) is 11.0 Å². The zero-order valence-corrected chi connectivity index (χ0v) is 15.2. The Morgan fingerprint density at radius 2 is 1.93 bits per heavy atom. The minimum absolute atomic E-state index is 0.0736. The van der Waals surface area contributed by atoms with Gasteiger partial charge in [0.1, 0.15) is 6.61 Å². The van der Waals surface area contributed by atoms with Crippen LogP contribution in [0.4, 0.5) is 5.69 Å². The van der Waals surface area contributed by atoms with Gasteiger partial charge in [-0.1, -0.05) is 30.3 Å². The number of fused-ring (bicyclic) bond motifs is 2. The van der Waals surface area contributed by atoms with Crippen molar-refractivity contribution in [2.75, 3.05) is 25.1 Å². The lowest BCUT2D eigenvalue weighted by atomic mass is 9.91. The molecule has 2 aromatic rings. The Balaban J connectivity index is 1.71. The van der Waals surface area contributed by atoms with Crippen LogP contribution in [0.15, 0.2) is 42.5 Å². The van der Waals surface area contributed by atoms with Gasteiger partial charge in [-0.2, -0.15) is 0 Å². The molecule has 6 heteroatoms. The Morgan fingerprint density at radius 1 is 1.15 bits per heavy atom. The van der Waals surface area contributed by atoms with Crippen molar-refractivity contribution >= 4 is 17.6 Å². The fourth-order valence-electron chi connectivity index (χ4n) is 3.91. The number of carboxylic acid groups (broad SMARTS) is 1. The molecule has 1 amide bonds. The molecule has 0 aromatic heterocycles. The van der Waals surface area contributed by atoms with E-state index in [0.29, 0.717) is 30.9 Å². The van der Waals surface area contributed by atoms with E-state index < -0.39 is 5.97 Å². The fraction of sp³-hybridized carbons (Fsp3) is 0.333. The Labute approximate surface area is 158 Å². The molecule has 4 rings (SSSR count). The average Bonchev–Trinajstić information content (AvgIpc) is 2.66. The normalized spacial score (nSPS) is 18.3. The predicted molar refractivity (Wildman–Crippen MR) is 101 cm³/mol. The number of benzene rings is 2. The molecule has 2 heterocycles. The molecular formula is C21H22N2O4. The third-order valence-electron chi connectivity index (χ3n) is 5.34. The van der Waals surface area contributed by atoms with E-state index in [-0.39, 0.29) is 18.4 Å². The summed E-state index contributed by atoms with van der Waals surface area (Å²) in [5.41, 5.74) is 3.56. The summed E-state index contributed by atoms with van der Waals surface area (Å²) in [6, 6.07) is 13.1. The first-order chi connectivity index (χ1) is 13.0. The maximum absolute atomic E-state index is 13.4. The second-order valence-corrected chi connectivity index (χ2v) is 7.08. The van der Waals surface area contributed by atoms with E-state index in [1.165, 1.54) is 0 Å². The van der Waals surface area contributed by atoms with Gasteiger partial charge in [-0.25, -0.2) is 0 Å². The van der Waals surface area contributed by atoms with Crippen LogP contribution in [0.1, 0.15) is 27.9 Å². The number of carboxylic acids is 1. The molecule has 0 aliphatic carbocycles. The summed E-state index contributed by atoms with van der Waals surface area (Å²) in [5, 5.41) is 9.34. The lowest BCUT2D eigenvalue weighted by molar-refractivity contribution is -0.138. The van der Waals surface area contributed by atoms with E-state index in [0.717, 1.165) is 23.4 Å². The Kier molecular flexibility index (Phi) is 4.48. The monoisotopic (exact) mass is 366 g/mol. The molecule has 0 bridgehead atoms. The van der Waals surface area contributed by atoms with Gasteiger partial charge in [0.25, 0.3) is 5.91 Å². The van der Waals surface area contributed by atoms with Crippen molar-refractivity contribution in [2.24, 2.45) is 0 Å². The largest absolute Gasteiger partial charge is 0.489 e. The summed E-state index contributed by atoms with van der Waals surface area (Å²) >= 11 is 0. The van der Waals surface area contributed by atoms with E-state index in [4.69, 9.17) is 4.74 Å². The molecule has 0 radical (unpaired) electrons. The molecule has 0 fully saturated rings. The van der Waals surface area contributed by atoms with Gasteiger partial charge in [-0.05, 0) is 29.7 Å². The Bertz CT molecular complexity index is 896. The second kappa shape index (κ2) is 6.95. The van der Waals surface area contributed by atoms with Crippen molar-refractivity contribution in [1.82, 2.24) is 4.90 Å². The molecule has 0 spiro atoms. The third-order valence-corrected chi connectivity index (χ3v) is 5.34. The molecule has 0 unspecified atom stereocenters. The van der Waals surface area contributed by atoms with Crippen molar-refractivity contribution in [1.29, 1.82) is 0 Å². The lowest BCUT2D eigenvalue weighted by Gasteiger charge is -2.37. The molecule has 27 heavy (non-hydrogen) atoms. The van der Waals surface area contributed by atoms with Crippen molar-refractivity contribution in [3.8, 4) is 5.75 Å². The maximum atomic E-state index is 13.4. The number of nitrogens with zero attached hydrogens (tertiary/aromatic N) is 2. The number of para-hydroxylation sites is 1. The summed E-state index contributed by atoms with van der Waals surface area (Å²) in [7, 11) is 1.97. The van der Waals surface area contributed by atoms with Gasteiger partial charge in [0.15, 0.2) is 5.75 Å². The van der Waals surface area contributed by atoms with E-state index >= 15 is 0 Å². The van der Waals surface area contributed by atoms with Gasteiger partial charge in [0, 0.05) is 19.6 Å². The van der Waals surface area contributed by atoms with Crippen LogP contribution < -0.4 is 9.64 Å². The third kappa shape index (κ3) is 3.23. The highest BCUT2D eigenvalue weighted by Gasteiger charge is 2.34. The number of anilines is 1.